The Morgan fingerprint density at radius 2 is 1.67 bits per heavy atom. The maximum atomic E-state index is 13.2. The first-order chi connectivity index (χ1) is 8.47. The fourth-order valence-electron chi connectivity index (χ4n) is 1.26. The summed E-state index contributed by atoms with van der Waals surface area (Å²) in [6.07, 6.45) is 0.928. The van der Waals surface area contributed by atoms with E-state index in [1.165, 1.54) is 0 Å². The number of anilines is 1. The molecule has 0 saturated carbocycles. The van der Waals surface area contributed by atoms with E-state index < -0.39 is 34.9 Å². The Morgan fingerprint density at radius 3 is 2.17 bits per heavy atom. The molecule has 0 bridgehead atoms. The van der Waals surface area contributed by atoms with Gasteiger partial charge in [-0.2, -0.15) is 0 Å². The molecule has 2 nitrogen and oxygen atoms in total. The monoisotopic (exact) mass is 283 g/mol. The molecule has 0 radical (unpaired) electrons. The van der Waals surface area contributed by atoms with E-state index in [0.29, 0.717) is 18.7 Å². The predicted molar refractivity (Wildman–Crippen MR) is 59.5 cm³/mol. The lowest BCUT2D eigenvalue weighted by atomic mass is 10.2. The highest BCUT2D eigenvalue weighted by Gasteiger charge is 2.20. The molecule has 0 aliphatic carbocycles. The first-order valence-corrected chi connectivity index (χ1v) is 5.69. The smallest absolute Gasteiger partial charge is 0.224 e. The highest BCUT2D eigenvalue weighted by Crippen LogP contribution is 2.24. The number of benzene rings is 1. The van der Waals surface area contributed by atoms with Gasteiger partial charge < -0.3 is 5.32 Å². The van der Waals surface area contributed by atoms with Crippen LogP contribution in [0.1, 0.15) is 19.3 Å². The maximum Gasteiger partial charge on any atom is 0.224 e. The normalized spacial score (nSPS) is 10.5. The summed E-state index contributed by atoms with van der Waals surface area (Å²) < 4.78 is 52.0. The van der Waals surface area contributed by atoms with Crippen LogP contribution in [0.5, 0.6) is 0 Å². The molecule has 0 aliphatic heterocycles. The minimum absolute atomic E-state index is 0.0380. The van der Waals surface area contributed by atoms with E-state index in [1.807, 2.05) is 5.32 Å². The average molecular weight is 284 g/mol. The van der Waals surface area contributed by atoms with Crippen LogP contribution in [-0.4, -0.2) is 11.8 Å². The van der Waals surface area contributed by atoms with Crippen LogP contribution in [0.3, 0.4) is 0 Å². The summed E-state index contributed by atoms with van der Waals surface area (Å²) in [5.74, 6) is -6.76. The molecule has 0 atom stereocenters. The summed E-state index contributed by atoms with van der Waals surface area (Å²) >= 11 is 5.39. The zero-order chi connectivity index (χ0) is 13.7. The van der Waals surface area contributed by atoms with Crippen LogP contribution in [0, 0.1) is 23.3 Å². The second-order valence-electron chi connectivity index (χ2n) is 3.54. The van der Waals surface area contributed by atoms with Gasteiger partial charge in [0.05, 0.1) is 0 Å². The molecule has 0 aromatic heterocycles. The maximum absolute atomic E-state index is 13.2. The molecule has 0 heterocycles. The van der Waals surface area contributed by atoms with E-state index in [1.54, 1.807) is 0 Å². The molecule has 0 unspecified atom stereocenters. The lowest BCUT2D eigenvalue weighted by Crippen LogP contribution is -2.15. The first-order valence-electron chi connectivity index (χ1n) is 5.16. The van der Waals surface area contributed by atoms with Crippen LogP contribution in [0.2, 0.25) is 0 Å². The fourth-order valence-corrected chi connectivity index (χ4v) is 1.45. The summed E-state index contributed by atoms with van der Waals surface area (Å²) in [4.78, 5) is 11.3. The SMILES string of the molecule is O=C(CCCCCl)Nc1c(F)c(F)cc(F)c1F. The minimum atomic E-state index is -1.63. The number of carbonyl (C=O) groups excluding carboxylic acids is 1. The van der Waals surface area contributed by atoms with Crippen molar-refractivity contribution in [3.63, 3.8) is 0 Å². The number of unbranched alkanes of at least 4 members (excludes halogenated alkanes) is 1. The Balaban J connectivity index is 2.81. The Kier molecular flexibility index (Phi) is 5.40. The standard InChI is InChI=1S/C11H10ClF4NO/c12-4-2-1-3-8(18)17-11-9(15)6(13)5-7(14)10(11)16/h5H,1-4H2,(H,17,18). The van der Waals surface area contributed by atoms with Crippen molar-refractivity contribution in [3.8, 4) is 0 Å². The van der Waals surface area contributed by atoms with Gasteiger partial charge in [-0.3, -0.25) is 4.79 Å². The molecule has 0 fully saturated rings. The number of nitrogens with one attached hydrogen (secondary N) is 1. The molecule has 0 saturated heterocycles. The third-order valence-corrected chi connectivity index (χ3v) is 2.43. The number of amides is 1. The van der Waals surface area contributed by atoms with Crippen LogP contribution in [0.4, 0.5) is 23.2 Å². The van der Waals surface area contributed by atoms with Crippen molar-refractivity contribution in [1.29, 1.82) is 0 Å². The fraction of sp³-hybridized carbons (Fsp3) is 0.364. The number of carbonyl (C=O) groups is 1. The van der Waals surface area contributed by atoms with Crippen molar-refractivity contribution in [2.45, 2.75) is 19.3 Å². The first kappa shape index (κ1) is 14.8. The van der Waals surface area contributed by atoms with Crippen molar-refractivity contribution in [2.75, 3.05) is 11.2 Å². The van der Waals surface area contributed by atoms with E-state index >= 15 is 0 Å². The van der Waals surface area contributed by atoms with Gasteiger partial charge in [-0.1, -0.05) is 0 Å². The second-order valence-corrected chi connectivity index (χ2v) is 3.92. The highest BCUT2D eigenvalue weighted by atomic mass is 35.5. The van der Waals surface area contributed by atoms with Gasteiger partial charge in [0.2, 0.25) is 5.91 Å². The summed E-state index contributed by atoms with van der Waals surface area (Å²) in [6.45, 7) is 0. The van der Waals surface area contributed by atoms with Gasteiger partial charge in [0.1, 0.15) is 5.69 Å². The molecular formula is C11H10ClF4NO. The summed E-state index contributed by atoms with van der Waals surface area (Å²) in [5.41, 5.74) is -1.11. The Hall–Kier alpha value is -1.30. The molecule has 0 spiro atoms. The van der Waals surface area contributed by atoms with Gasteiger partial charge in [-0.15, -0.1) is 11.6 Å². The van der Waals surface area contributed by atoms with E-state index in [0.717, 1.165) is 0 Å². The second kappa shape index (κ2) is 6.58. The highest BCUT2D eigenvalue weighted by molar-refractivity contribution is 6.17. The van der Waals surface area contributed by atoms with Crippen molar-refractivity contribution in [3.05, 3.63) is 29.3 Å². The van der Waals surface area contributed by atoms with Crippen LogP contribution in [0.25, 0.3) is 0 Å². The van der Waals surface area contributed by atoms with E-state index in [4.69, 9.17) is 11.6 Å². The number of alkyl halides is 1. The van der Waals surface area contributed by atoms with Crippen molar-refractivity contribution >= 4 is 23.2 Å². The van der Waals surface area contributed by atoms with Gasteiger partial charge in [-0.05, 0) is 12.8 Å². The summed E-state index contributed by atoms with van der Waals surface area (Å²) in [7, 11) is 0. The molecule has 1 amide bonds. The van der Waals surface area contributed by atoms with E-state index in [9.17, 15) is 22.4 Å². The molecule has 1 rings (SSSR count). The molecule has 100 valence electrons. The van der Waals surface area contributed by atoms with Crippen LogP contribution in [-0.2, 0) is 4.79 Å². The Labute approximate surface area is 106 Å². The van der Waals surface area contributed by atoms with Crippen LogP contribution >= 0.6 is 11.6 Å². The quantitative estimate of drug-likeness (QED) is 0.380. The molecule has 18 heavy (non-hydrogen) atoms. The van der Waals surface area contributed by atoms with Crippen LogP contribution in [0.15, 0.2) is 6.07 Å². The van der Waals surface area contributed by atoms with E-state index in [2.05, 4.69) is 0 Å². The van der Waals surface area contributed by atoms with Gasteiger partial charge in [0.15, 0.2) is 23.3 Å². The average Bonchev–Trinajstić information content (AvgIpc) is 2.32. The Morgan fingerprint density at radius 1 is 1.11 bits per heavy atom. The van der Waals surface area contributed by atoms with Crippen LogP contribution < -0.4 is 5.32 Å². The minimum Gasteiger partial charge on any atom is -0.321 e. The molecule has 0 aliphatic rings. The summed E-state index contributed by atoms with van der Waals surface area (Å²) in [5, 5.41) is 1.81. The molecular weight excluding hydrogens is 274 g/mol. The van der Waals surface area contributed by atoms with Crippen molar-refractivity contribution in [2.24, 2.45) is 0 Å². The third-order valence-electron chi connectivity index (χ3n) is 2.16. The molecule has 7 heteroatoms. The summed E-state index contributed by atoms with van der Waals surface area (Å²) in [6, 6.07) is 0.0772. The van der Waals surface area contributed by atoms with Gasteiger partial charge in [-0.25, -0.2) is 17.6 Å². The van der Waals surface area contributed by atoms with Gasteiger partial charge in [0, 0.05) is 18.4 Å². The molecule has 1 aromatic rings. The van der Waals surface area contributed by atoms with Gasteiger partial charge >= 0.3 is 0 Å². The number of rotatable bonds is 5. The lowest BCUT2D eigenvalue weighted by molar-refractivity contribution is -0.116. The van der Waals surface area contributed by atoms with E-state index in [-0.39, 0.29) is 12.5 Å². The van der Waals surface area contributed by atoms with Crippen molar-refractivity contribution in [1.82, 2.24) is 0 Å². The predicted octanol–water partition coefficient (Wildman–Crippen LogP) is 3.59. The van der Waals surface area contributed by atoms with Crippen molar-refractivity contribution < 1.29 is 22.4 Å². The number of hydrogen-bond donors (Lipinski definition) is 1. The largest absolute Gasteiger partial charge is 0.321 e. The molecule has 1 aromatic carbocycles. The topological polar surface area (TPSA) is 29.1 Å². The Bertz CT molecular complexity index is 427. The third kappa shape index (κ3) is 3.60. The lowest BCUT2D eigenvalue weighted by Gasteiger charge is -2.08. The zero-order valence-corrected chi connectivity index (χ0v) is 9.96. The number of hydrogen-bond acceptors (Lipinski definition) is 1. The zero-order valence-electron chi connectivity index (χ0n) is 9.20. The number of halogens is 5. The molecule has 1 N–H and O–H groups in total. The van der Waals surface area contributed by atoms with Gasteiger partial charge in [0.25, 0.3) is 0 Å².